The maximum absolute atomic E-state index is 3.90. The van der Waals surface area contributed by atoms with Gasteiger partial charge in [-0.15, -0.1) is 500 Å². The molecule has 0 rings (SSSR count). The van der Waals surface area contributed by atoms with Crippen molar-refractivity contribution in [2.24, 2.45) is 0 Å². The zero-order valence-electron chi connectivity index (χ0n) is 56.5. The minimum atomic E-state index is -0.736. The van der Waals surface area contributed by atoms with E-state index in [0.717, 1.165) is 0 Å². The quantitative estimate of drug-likeness (QED) is 0.0533. The fraction of sp³-hybridized carbons (Fsp3) is 0. The second-order valence-corrected chi connectivity index (χ2v) is 476. The molecule has 110 heteroatoms. The summed E-state index contributed by atoms with van der Waals surface area (Å²) >= 11 is 0. The van der Waals surface area contributed by atoms with Crippen molar-refractivity contribution >= 4 is 877 Å². The Morgan fingerprint density at radius 3 is 0.100 bits per heavy atom. The Bertz CT molecular complexity index is 1850. The van der Waals surface area contributed by atoms with Crippen molar-refractivity contribution < 1.29 is 0 Å². The molecule has 0 saturated carbocycles. The van der Waals surface area contributed by atoms with E-state index in [-0.39, 0.29) is 0 Å². The van der Waals surface area contributed by atoms with Crippen LogP contribution in [-0.4, -0.2) is 0 Å². The van der Waals surface area contributed by atoms with Gasteiger partial charge in [0.05, 0.1) is 0 Å². The molecule has 0 aliphatic carbocycles. The van der Waals surface area contributed by atoms with E-state index in [2.05, 4.69) is 500 Å². The molecule has 0 aromatic rings. The molecule has 0 saturated heterocycles. The minimum absolute atomic E-state index is 0.453. The SMILES string of the molecule is PP(P)P(P(P)P)P(P(P(P)P)P(P)P)P(P(P(P(P)P)P(P)P)P(P(P)P)P(P)P)P(P(P(P(P)P)P(P)P)P(P(P)P)P(P)P)P(P(P(P(P(P)P)P(P)P)P(P(P)P)P(P)P)P(P(P(P)P)P(P)P)P(P(P)P)P(P)P)P(P(P(P(P)P)P(P)P)P(P(P)P)P(P)P)P(P(P(P)P)P(P)P)P(P(P)P)P(P)P. The molecule has 0 fully saturated rings. The van der Waals surface area contributed by atoms with Crippen LogP contribution in [0.4, 0.5) is 0 Å². The van der Waals surface area contributed by atoms with Gasteiger partial charge in [0.15, 0.2) is 0 Å². The zero-order chi connectivity index (χ0) is 87.2. The highest BCUT2D eigenvalue weighted by Crippen LogP contribution is 3.56. The van der Waals surface area contributed by atoms with Gasteiger partial charge in [-0.1, -0.05) is 0 Å². The van der Waals surface area contributed by atoms with Gasteiger partial charge in [-0.2, -0.15) is 0 Å². The van der Waals surface area contributed by atoms with E-state index < -0.39 is 377 Å². The predicted molar refractivity (Wildman–Crippen MR) is 917 cm³/mol. The molecule has 662 valence electrons. The summed E-state index contributed by atoms with van der Waals surface area (Å²) in [5.41, 5.74) is 0. The Hall–Kier alpha value is 47.3. The van der Waals surface area contributed by atoms with E-state index in [0.29, 0.717) is 0 Å². The van der Waals surface area contributed by atoms with E-state index >= 15 is 0 Å². The molecule has 0 amide bonds. The minimum Gasteiger partial charge on any atom is -0.102 e. The van der Waals surface area contributed by atoms with Crippen molar-refractivity contribution in [3.8, 4) is 0 Å². The molecule has 0 aromatic carbocycles. The summed E-state index contributed by atoms with van der Waals surface area (Å²) in [5, 5.41) is 0. The van der Waals surface area contributed by atoms with Gasteiger partial charge in [0.25, 0.3) is 0 Å². The first-order valence-corrected chi connectivity index (χ1v) is 226. The summed E-state index contributed by atoms with van der Waals surface area (Å²) in [4.78, 5) is 0. The van der Waals surface area contributed by atoms with Crippen molar-refractivity contribution in [2.75, 3.05) is 0 Å². The van der Waals surface area contributed by atoms with Gasteiger partial charge in [0, 0.05) is 0 Å². The highest BCUT2D eigenvalue weighted by molar-refractivity contribution is 9.62. The average Bonchev–Trinajstić information content (AvgIpc) is 0.705. The van der Waals surface area contributed by atoms with E-state index in [1.165, 1.54) is 0 Å². The van der Waals surface area contributed by atoms with E-state index in [1.54, 1.807) is 0 Å². The first-order chi connectivity index (χ1) is 50.0. The van der Waals surface area contributed by atoms with E-state index in [1.807, 2.05) is 0 Å². The van der Waals surface area contributed by atoms with Crippen LogP contribution in [-0.2, 0) is 0 Å². The van der Waals surface area contributed by atoms with Crippen molar-refractivity contribution in [1.82, 2.24) is 0 Å². The molecule has 0 radical (unpaired) electrons. The maximum Gasteiger partial charge on any atom is -0.000000200 e. The van der Waals surface area contributed by atoms with Crippen molar-refractivity contribution in [2.45, 2.75) is 0 Å². The zero-order valence-corrected chi connectivity index (χ0v) is 169. The largest absolute Gasteiger partial charge is 0.102 e. The molecule has 0 aliphatic rings. The monoisotopic (exact) mass is 3520 g/mol. The highest BCUT2D eigenvalue weighted by Gasteiger charge is 2.69. The number of hydrogen-bond acceptors (Lipinski definition) is 0. The lowest BCUT2D eigenvalue weighted by molar-refractivity contribution is 4.28. The van der Waals surface area contributed by atoms with Gasteiger partial charge in [-0.05, 0) is 377 Å². The lowest BCUT2D eigenvalue weighted by Gasteiger charge is -2.65. The Morgan fingerprint density at radius 2 is 0.0727 bits per heavy atom. The van der Waals surface area contributed by atoms with Crippen LogP contribution < -0.4 is 0 Å². The van der Waals surface area contributed by atoms with Gasteiger partial charge < -0.3 is 0 Å². The standard InChI is InChI=1S/H112P110/c1-57(2)85(58(3)4)99(86(59(5)6)60(7)8)106(100(87(61(9)10)62(11)12)88(63(13)14)64(15)16)109(105(97(81(49)50)82(51)52)98(83(53)54)84(55)56)110(107(101(89(65(17)18)66(19)20)90(67(21)22)68(23)24)102(91(69(25)26)70(27)28)92(71(29)30)72(31)32)108(103(93(73(33)34)74(35)36)94(75(37)38)76(39)40)104(95(77(41)42)78(43)44)96(79(45)46)80(47)48/h1-56H2. The predicted octanol–water partition coefficient (Wildman–Crippen LogP) is 64.7. The molecule has 0 spiro atoms. The summed E-state index contributed by atoms with van der Waals surface area (Å²) < 4.78 is 0. The third-order valence-corrected chi connectivity index (χ3v) is 792. The van der Waals surface area contributed by atoms with Crippen LogP contribution in [0.3, 0.4) is 0 Å². The summed E-state index contributed by atoms with van der Waals surface area (Å²) in [5.74, 6) is 0. The smallest absolute Gasteiger partial charge is 0.000000200 e. The third kappa shape index (κ3) is 55.0. The van der Waals surface area contributed by atoms with Crippen LogP contribution in [0.2, 0.25) is 0 Å². The molecular formula is H112P110. The number of hydrogen-bond donors (Lipinski definition) is 0. The van der Waals surface area contributed by atoms with Gasteiger partial charge in [-0.3, -0.25) is 0 Å². The first kappa shape index (κ1) is 157. The molecule has 0 nitrogen and oxygen atoms in total. The molecule has 0 aromatic heterocycles. The van der Waals surface area contributed by atoms with Crippen LogP contribution in [0.1, 0.15) is 0 Å². The maximum atomic E-state index is 3.90. The molecule has 110 heavy (non-hydrogen) atoms. The van der Waals surface area contributed by atoms with Crippen LogP contribution in [0.5, 0.6) is 0 Å². The highest BCUT2D eigenvalue weighted by atomic mass is 33.7. The summed E-state index contributed by atoms with van der Waals surface area (Å²) in [6.45, 7) is -27.3. The Labute approximate surface area is 862 Å². The second-order valence-electron chi connectivity index (χ2n) is 17.6. The molecule has 0 aliphatic heterocycles. The van der Waals surface area contributed by atoms with Gasteiger partial charge in [0.1, 0.15) is 0 Å². The Balaban J connectivity index is 15.6. The van der Waals surface area contributed by atoms with Crippen molar-refractivity contribution in [1.29, 1.82) is 0 Å². The van der Waals surface area contributed by atoms with Crippen LogP contribution in [0.15, 0.2) is 0 Å². The molecule has 57 unspecified atom stereocenters. The fourth-order valence-corrected chi connectivity index (χ4v) is 1660. The van der Waals surface area contributed by atoms with E-state index in [4.69, 9.17) is 0 Å². The average molecular weight is 3520 g/mol. The fourth-order valence-electron chi connectivity index (χ4n) is 6.83. The lowest BCUT2D eigenvalue weighted by atomic mass is 28.3. The van der Waals surface area contributed by atoms with Crippen molar-refractivity contribution in [3.63, 3.8) is 0 Å². The molecule has 0 bridgehead atoms. The van der Waals surface area contributed by atoms with Gasteiger partial charge in [-0.25, -0.2) is 0 Å². The third-order valence-electron chi connectivity index (χ3n) is 9.78. The summed E-state index contributed by atoms with van der Waals surface area (Å²) in [6.07, 6.45) is 0. The molecule has 0 heterocycles. The second kappa shape index (κ2) is 86.1. The van der Waals surface area contributed by atoms with Crippen molar-refractivity contribution in [3.05, 3.63) is 0 Å². The topological polar surface area (TPSA) is 0 Å². The van der Waals surface area contributed by atoms with Crippen LogP contribution >= 0.6 is 877 Å². The molecular weight excluding hydrogens is 3410 g/mol. The van der Waals surface area contributed by atoms with E-state index in [9.17, 15) is 0 Å². The van der Waals surface area contributed by atoms with Crippen LogP contribution in [0.25, 0.3) is 0 Å². The lowest BCUT2D eigenvalue weighted by Crippen LogP contribution is -1.78. The summed E-state index contributed by atoms with van der Waals surface area (Å²) in [7, 11) is 216. The first-order valence-electron chi connectivity index (χ1n) is 25.1. The number of rotatable bonds is 53. The molecule has 57 atom stereocenters. The Morgan fingerprint density at radius 1 is 0.0455 bits per heavy atom. The van der Waals surface area contributed by atoms with Gasteiger partial charge >= 0.3 is 0 Å². The normalized spacial score (nSPS) is 15.0. The molecule has 0 N–H and O–H groups in total. The van der Waals surface area contributed by atoms with Crippen LogP contribution in [0, 0.1) is 0 Å². The summed E-state index contributed by atoms with van der Waals surface area (Å²) in [6, 6.07) is 0. The Kier molecular flexibility index (Phi) is 123. The van der Waals surface area contributed by atoms with Gasteiger partial charge in [0.2, 0.25) is 0 Å².